The SMILES string of the molecule is CCCNc1ncc(-c2cc(-c3ccccc3Cl)nc(NC3CCNC3)n2)s1. The van der Waals surface area contributed by atoms with Crippen LogP contribution >= 0.6 is 22.9 Å². The van der Waals surface area contributed by atoms with Gasteiger partial charge in [-0.25, -0.2) is 15.0 Å². The molecule has 0 saturated carbocycles. The van der Waals surface area contributed by atoms with Crippen molar-refractivity contribution < 1.29 is 0 Å². The Labute approximate surface area is 173 Å². The number of nitrogens with zero attached hydrogens (tertiary/aromatic N) is 3. The Hall–Kier alpha value is -2.22. The van der Waals surface area contributed by atoms with Crippen LogP contribution in [0.25, 0.3) is 21.8 Å². The van der Waals surface area contributed by atoms with Gasteiger partial charge in [-0.3, -0.25) is 0 Å². The molecule has 3 N–H and O–H groups in total. The van der Waals surface area contributed by atoms with Crippen molar-refractivity contribution in [3.63, 3.8) is 0 Å². The van der Waals surface area contributed by atoms with Crippen LogP contribution in [-0.2, 0) is 0 Å². The van der Waals surface area contributed by atoms with Gasteiger partial charge in [0.25, 0.3) is 0 Å². The first kappa shape index (κ1) is 19.1. The molecule has 0 amide bonds. The zero-order chi connectivity index (χ0) is 19.3. The lowest BCUT2D eigenvalue weighted by molar-refractivity contribution is 0.781. The summed E-state index contributed by atoms with van der Waals surface area (Å²) in [4.78, 5) is 15.0. The zero-order valence-corrected chi connectivity index (χ0v) is 17.3. The first-order chi connectivity index (χ1) is 13.7. The van der Waals surface area contributed by atoms with Crippen LogP contribution in [0.15, 0.2) is 36.5 Å². The Morgan fingerprint density at radius 2 is 2.11 bits per heavy atom. The lowest BCUT2D eigenvalue weighted by atomic mass is 10.1. The molecule has 8 heteroatoms. The fourth-order valence-electron chi connectivity index (χ4n) is 3.11. The third kappa shape index (κ3) is 4.43. The number of hydrogen-bond donors (Lipinski definition) is 3. The lowest BCUT2D eigenvalue weighted by Crippen LogP contribution is -2.23. The van der Waals surface area contributed by atoms with Gasteiger partial charge < -0.3 is 16.0 Å². The molecule has 6 nitrogen and oxygen atoms in total. The lowest BCUT2D eigenvalue weighted by Gasteiger charge is -2.14. The molecule has 0 bridgehead atoms. The van der Waals surface area contributed by atoms with E-state index < -0.39 is 0 Å². The van der Waals surface area contributed by atoms with E-state index in [1.165, 1.54) is 0 Å². The van der Waals surface area contributed by atoms with Crippen LogP contribution in [0.1, 0.15) is 19.8 Å². The van der Waals surface area contributed by atoms with Gasteiger partial charge in [0.15, 0.2) is 5.13 Å². The average Bonchev–Trinajstić information content (AvgIpc) is 3.38. The Bertz CT molecular complexity index is 938. The normalized spacial score (nSPS) is 16.3. The van der Waals surface area contributed by atoms with Gasteiger partial charge in [-0.15, -0.1) is 0 Å². The molecule has 0 radical (unpaired) electrons. The Kier molecular flexibility index (Phi) is 6.04. The second kappa shape index (κ2) is 8.86. The third-order valence-electron chi connectivity index (χ3n) is 4.55. The van der Waals surface area contributed by atoms with Crippen LogP contribution in [0.4, 0.5) is 11.1 Å². The summed E-state index contributed by atoms with van der Waals surface area (Å²) < 4.78 is 0. The van der Waals surface area contributed by atoms with E-state index in [9.17, 15) is 0 Å². The molecule has 1 atom stereocenters. The summed E-state index contributed by atoms with van der Waals surface area (Å²) in [6.07, 6.45) is 3.98. The van der Waals surface area contributed by atoms with Crippen molar-refractivity contribution in [3.05, 3.63) is 41.6 Å². The van der Waals surface area contributed by atoms with E-state index in [-0.39, 0.29) is 0 Å². The van der Waals surface area contributed by atoms with Gasteiger partial charge in [0.05, 0.1) is 16.3 Å². The van der Waals surface area contributed by atoms with Gasteiger partial charge in [0, 0.05) is 35.9 Å². The maximum atomic E-state index is 6.43. The molecule has 2 aromatic heterocycles. The van der Waals surface area contributed by atoms with Crippen LogP contribution in [0.5, 0.6) is 0 Å². The molecule has 3 aromatic rings. The van der Waals surface area contributed by atoms with E-state index in [1.54, 1.807) is 11.3 Å². The minimum atomic E-state index is 0.331. The standard InChI is InChI=1S/C20H23ClN6S/c1-2-8-23-20-24-12-18(28-20)17-10-16(14-5-3-4-6-15(14)21)26-19(27-17)25-13-7-9-22-11-13/h3-6,10,12-13,22H,2,7-9,11H2,1H3,(H,23,24)(H,25,26,27). The predicted octanol–water partition coefficient (Wildman–Crippen LogP) is 4.52. The van der Waals surface area contributed by atoms with E-state index in [0.29, 0.717) is 17.0 Å². The molecule has 146 valence electrons. The predicted molar refractivity (Wildman–Crippen MR) is 117 cm³/mol. The molecule has 0 spiro atoms. The van der Waals surface area contributed by atoms with Crippen molar-refractivity contribution in [1.82, 2.24) is 20.3 Å². The number of hydrogen-bond acceptors (Lipinski definition) is 7. The summed E-state index contributed by atoms with van der Waals surface area (Å²) in [7, 11) is 0. The number of halogens is 1. The summed E-state index contributed by atoms with van der Waals surface area (Å²) in [5.74, 6) is 0.623. The fraction of sp³-hybridized carbons (Fsp3) is 0.350. The van der Waals surface area contributed by atoms with Crippen molar-refractivity contribution in [2.24, 2.45) is 0 Å². The van der Waals surface area contributed by atoms with E-state index in [4.69, 9.17) is 21.6 Å². The summed E-state index contributed by atoms with van der Waals surface area (Å²) >= 11 is 8.03. The van der Waals surface area contributed by atoms with Crippen molar-refractivity contribution in [2.75, 3.05) is 30.3 Å². The average molecular weight is 415 g/mol. The van der Waals surface area contributed by atoms with Crippen LogP contribution in [0.3, 0.4) is 0 Å². The summed E-state index contributed by atoms with van der Waals surface area (Å²) in [5.41, 5.74) is 2.55. The molecule has 1 aliphatic rings. The number of rotatable bonds is 7. The minimum Gasteiger partial charge on any atom is -0.362 e. The molecule has 1 unspecified atom stereocenters. The van der Waals surface area contributed by atoms with E-state index in [1.807, 2.05) is 36.5 Å². The first-order valence-electron chi connectivity index (χ1n) is 9.54. The quantitative estimate of drug-likeness (QED) is 0.528. The van der Waals surface area contributed by atoms with Gasteiger partial charge in [-0.1, -0.05) is 48.1 Å². The van der Waals surface area contributed by atoms with E-state index in [2.05, 4.69) is 27.9 Å². The van der Waals surface area contributed by atoms with Crippen LogP contribution in [-0.4, -0.2) is 40.6 Å². The Morgan fingerprint density at radius 1 is 1.25 bits per heavy atom. The molecule has 3 heterocycles. The van der Waals surface area contributed by atoms with Crippen molar-refractivity contribution >= 4 is 34.0 Å². The molecule has 1 saturated heterocycles. The van der Waals surface area contributed by atoms with E-state index in [0.717, 1.165) is 59.4 Å². The highest BCUT2D eigenvalue weighted by atomic mass is 35.5. The number of nitrogens with one attached hydrogen (secondary N) is 3. The monoisotopic (exact) mass is 414 g/mol. The molecule has 28 heavy (non-hydrogen) atoms. The molecular weight excluding hydrogens is 392 g/mol. The zero-order valence-electron chi connectivity index (χ0n) is 15.7. The van der Waals surface area contributed by atoms with Crippen molar-refractivity contribution in [2.45, 2.75) is 25.8 Å². The maximum Gasteiger partial charge on any atom is 0.224 e. The van der Waals surface area contributed by atoms with Crippen LogP contribution in [0.2, 0.25) is 5.02 Å². The Morgan fingerprint density at radius 3 is 2.89 bits per heavy atom. The van der Waals surface area contributed by atoms with E-state index >= 15 is 0 Å². The molecule has 1 aromatic carbocycles. The molecule has 0 aliphatic carbocycles. The highest BCUT2D eigenvalue weighted by Gasteiger charge is 2.18. The highest BCUT2D eigenvalue weighted by molar-refractivity contribution is 7.18. The molecule has 1 fully saturated rings. The second-order valence-corrected chi connectivity index (χ2v) is 8.17. The summed E-state index contributed by atoms with van der Waals surface area (Å²) in [6.45, 7) is 4.97. The van der Waals surface area contributed by atoms with Crippen LogP contribution in [0, 0.1) is 0 Å². The van der Waals surface area contributed by atoms with Crippen molar-refractivity contribution in [1.29, 1.82) is 0 Å². The largest absolute Gasteiger partial charge is 0.362 e. The fourth-order valence-corrected chi connectivity index (χ4v) is 4.15. The van der Waals surface area contributed by atoms with Gasteiger partial charge in [-0.05, 0) is 31.5 Å². The highest BCUT2D eigenvalue weighted by Crippen LogP contribution is 2.33. The molecule has 1 aliphatic heterocycles. The van der Waals surface area contributed by atoms with Gasteiger partial charge in [-0.2, -0.15) is 0 Å². The molecule has 4 rings (SSSR count). The second-order valence-electron chi connectivity index (χ2n) is 6.73. The van der Waals surface area contributed by atoms with Gasteiger partial charge in [0.2, 0.25) is 5.95 Å². The number of benzene rings is 1. The third-order valence-corrected chi connectivity index (χ3v) is 5.86. The smallest absolute Gasteiger partial charge is 0.224 e. The number of aromatic nitrogens is 3. The summed E-state index contributed by atoms with van der Waals surface area (Å²) in [6, 6.07) is 10.1. The summed E-state index contributed by atoms with van der Waals surface area (Å²) in [5, 5.41) is 11.7. The number of anilines is 2. The topological polar surface area (TPSA) is 74.8 Å². The van der Waals surface area contributed by atoms with Gasteiger partial charge >= 0.3 is 0 Å². The van der Waals surface area contributed by atoms with Crippen LogP contribution < -0.4 is 16.0 Å². The first-order valence-corrected chi connectivity index (χ1v) is 10.7. The maximum absolute atomic E-state index is 6.43. The van der Waals surface area contributed by atoms with Crippen molar-refractivity contribution in [3.8, 4) is 21.8 Å². The molecular formula is C20H23ClN6S. The number of thiazole rings is 1. The Balaban J connectivity index is 1.71. The minimum absolute atomic E-state index is 0.331. The van der Waals surface area contributed by atoms with Gasteiger partial charge in [0.1, 0.15) is 0 Å².